The number of phenolic OH excluding ortho intramolecular Hbond substituents is 1. The number of nitrogens with one attached hydrogen (secondary N) is 1. The van der Waals surface area contributed by atoms with E-state index in [2.05, 4.69) is 11.9 Å². The summed E-state index contributed by atoms with van der Waals surface area (Å²) in [6.07, 6.45) is 0.219. The molecule has 2 aromatic rings. The molecule has 0 aliphatic carbocycles. The molecule has 172 valence electrons. The molecule has 0 spiro atoms. The number of phenols is 1. The minimum atomic E-state index is -0.784. The SMILES string of the molecule is C=C(N[C@@H](Cc1ccc(O)cc1)C(=O)OC(C)(C)C)C(N)CC(=O)c1ccc(Cl)cc1N. The number of anilines is 1. The van der Waals surface area contributed by atoms with Crippen LogP contribution in [0.2, 0.25) is 5.02 Å². The number of nitrogens with two attached hydrogens (primary N) is 2. The van der Waals surface area contributed by atoms with Crippen molar-refractivity contribution >= 4 is 29.0 Å². The van der Waals surface area contributed by atoms with Gasteiger partial charge in [0.2, 0.25) is 0 Å². The maximum atomic E-state index is 12.8. The molecule has 7 nitrogen and oxygen atoms in total. The molecule has 0 fully saturated rings. The van der Waals surface area contributed by atoms with Crippen LogP contribution in [0.4, 0.5) is 5.69 Å². The third kappa shape index (κ3) is 7.59. The zero-order chi connectivity index (χ0) is 24.1. The summed E-state index contributed by atoms with van der Waals surface area (Å²) in [6, 6.07) is 9.60. The molecule has 0 aliphatic heterocycles. The normalized spacial score (nSPS) is 13.2. The lowest BCUT2D eigenvalue weighted by Gasteiger charge is -2.27. The van der Waals surface area contributed by atoms with Crippen LogP contribution in [0.3, 0.4) is 0 Å². The Morgan fingerprint density at radius 3 is 2.38 bits per heavy atom. The van der Waals surface area contributed by atoms with Crippen LogP contribution in [0.5, 0.6) is 5.75 Å². The van der Waals surface area contributed by atoms with Gasteiger partial charge >= 0.3 is 5.97 Å². The van der Waals surface area contributed by atoms with E-state index in [1.807, 2.05) is 0 Å². The maximum Gasteiger partial charge on any atom is 0.329 e. The number of benzene rings is 2. The van der Waals surface area contributed by atoms with Crippen LogP contribution in [-0.2, 0) is 16.0 Å². The number of hydrogen-bond acceptors (Lipinski definition) is 7. The van der Waals surface area contributed by atoms with Crippen LogP contribution in [0, 0.1) is 0 Å². The number of esters is 1. The Kier molecular flexibility index (Phi) is 8.30. The van der Waals surface area contributed by atoms with E-state index in [-0.39, 0.29) is 30.1 Å². The number of Topliss-reactive ketones (excluding diaryl/α,β-unsaturated/α-hetero) is 1. The molecule has 6 N–H and O–H groups in total. The van der Waals surface area contributed by atoms with Gasteiger partial charge in [-0.05, 0) is 56.7 Å². The predicted octanol–water partition coefficient (Wildman–Crippen LogP) is 3.58. The lowest BCUT2D eigenvalue weighted by Crippen LogP contribution is -2.45. The smallest absolute Gasteiger partial charge is 0.329 e. The van der Waals surface area contributed by atoms with E-state index in [1.165, 1.54) is 18.2 Å². The van der Waals surface area contributed by atoms with Gasteiger partial charge < -0.3 is 26.6 Å². The van der Waals surface area contributed by atoms with Crippen molar-refractivity contribution in [2.75, 3.05) is 5.73 Å². The molecular weight excluding hydrogens is 430 g/mol. The lowest BCUT2D eigenvalue weighted by atomic mass is 10.00. The highest BCUT2D eigenvalue weighted by Crippen LogP contribution is 2.21. The number of ether oxygens (including phenoxy) is 1. The van der Waals surface area contributed by atoms with Gasteiger partial charge in [0.25, 0.3) is 0 Å². The molecule has 0 amide bonds. The van der Waals surface area contributed by atoms with Crippen LogP contribution >= 0.6 is 11.6 Å². The lowest BCUT2D eigenvalue weighted by molar-refractivity contribution is -0.157. The molecule has 32 heavy (non-hydrogen) atoms. The van der Waals surface area contributed by atoms with E-state index in [0.29, 0.717) is 16.3 Å². The van der Waals surface area contributed by atoms with Crippen LogP contribution < -0.4 is 16.8 Å². The third-order valence-corrected chi connectivity index (χ3v) is 4.83. The second-order valence-electron chi connectivity index (χ2n) is 8.59. The fourth-order valence-corrected chi connectivity index (χ4v) is 3.17. The van der Waals surface area contributed by atoms with Crippen molar-refractivity contribution in [1.82, 2.24) is 5.32 Å². The van der Waals surface area contributed by atoms with Gasteiger partial charge in [-0.2, -0.15) is 0 Å². The summed E-state index contributed by atoms with van der Waals surface area (Å²) in [5.41, 5.74) is 13.1. The minimum Gasteiger partial charge on any atom is -0.508 e. The second-order valence-corrected chi connectivity index (χ2v) is 9.03. The first-order valence-electron chi connectivity index (χ1n) is 10.2. The first-order valence-corrected chi connectivity index (χ1v) is 10.5. The van der Waals surface area contributed by atoms with Crippen LogP contribution in [0.15, 0.2) is 54.7 Å². The fraction of sp³-hybridized carbons (Fsp3) is 0.333. The number of hydrogen-bond donors (Lipinski definition) is 4. The predicted molar refractivity (Wildman–Crippen MR) is 127 cm³/mol. The van der Waals surface area contributed by atoms with Crippen molar-refractivity contribution in [2.45, 2.75) is 51.3 Å². The van der Waals surface area contributed by atoms with Crippen molar-refractivity contribution in [3.8, 4) is 5.75 Å². The number of nitrogen functional groups attached to an aromatic ring is 1. The summed E-state index contributed by atoms with van der Waals surface area (Å²) >= 11 is 5.89. The zero-order valence-corrected chi connectivity index (χ0v) is 19.3. The Hall–Kier alpha value is -3.03. The molecule has 0 radical (unpaired) electrons. The third-order valence-electron chi connectivity index (χ3n) is 4.59. The van der Waals surface area contributed by atoms with E-state index in [4.69, 9.17) is 27.8 Å². The monoisotopic (exact) mass is 459 g/mol. The first kappa shape index (κ1) is 25.2. The topological polar surface area (TPSA) is 128 Å². The van der Waals surface area contributed by atoms with Gasteiger partial charge in [-0.1, -0.05) is 30.3 Å². The van der Waals surface area contributed by atoms with E-state index < -0.39 is 23.7 Å². The number of carbonyl (C=O) groups is 2. The molecule has 2 atom stereocenters. The summed E-state index contributed by atoms with van der Waals surface area (Å²) < 4.78 is 5.53. The quantitative estimate of drug-likeness (QED) is 0.256. The Morgan fingerprint density at radius 2 is 1.81 bits per heavy atom. The average Bonchev–Trinajstić information content (AvgIpc) is 2.67. The molecule has 2 rings (SSSR count). The van der Waals surface area contributed by atoms with Crippen molar-refractivity contribution in [3.05, 3.63) is 70.9 Å². The first-order chi connectivity index (χ1) is 14.9. The summed E-state index contributed by atoms with van der Waals surface area (Å²) in [5, 5.41) is 13.0. The molecular formula is C24H30ClN3O4. The van der Waals surface area contributed by atoms with Crippen LogP contribution in [-0.4, -0.2) is 34.5 Å². The molecule has 0 saturated carbocycles. The number of carbonyl (C=O) groups excluding carboxylic acids is 2. The van der Waals surface area contributed by atoms with E-state index in [9.17, 15) is 14.7 Å². The van der Waals surface area contributed by atoms with Gasteiger partial charge in [-0.25, -0.2) is 4.79 Å². The van der Waals surface area contributed by atoms with E-state index in [1.54, 1.807) is 45.0 Å². The van der Waals surface area contributed by atoms with Crippen molar-refractivity contribution in [1.29, 1.82) is 0 Å². The molecule has 8 heteroatoms. The number of halogens is 1. The van der Waals surface area contributed by atoms with Crippen LogP contribution in [0.25, 0.3) is 0 Å². The van der Waals surface area contributed by atoms with Gasteiger partial charge in [-0.3, -0.25) is 4.79 Å². The highest BCUT2D eigenvalue weighted by molar-refractivity contribution is 6.31. The fourth-order valence-electron chi connectivity index (χ4n) is 2.99. The van der Waals surface area contributed by atoms with Crippen LogP contribution in [0.1, 0.15) is 43.1 Å². The molecule has 2 aromatic carbocycles. The average molecular weight is 460 g/mol. The van der Waals surface area contributed by atoms with Crippen molar-refractivity contribution < 1.29 is 19.4 Å². The molecule has 0 aromatic heterocycles. The second kappa shape index (κ2) is 10.5. The standard InChI is InChI=1S/C24H30ClN3O4/c1-14(19(26)13-22(30)18-10-7-16(25)12-20(18)27)28-21(23(31)32-24(2,3)4)11-15-5-8-17(29)9-6-15/h5-10,12,19,21,28-29H,1,11,13,26-27H2,2-4H3/t19?,21-/m0/s1. The number of rotatable bonds is 9. The molecule has 1 unspecified atom stereocenters. The molecule has 0 saturated heterocycles. The van der Waals surface area contributed by atoms with Crippen molar-refractivity contribution in [2.24, 2.45) is 5.73 Å². The largest absolute Gasteiger partial charge is 0.508 e. The van der Waals surface area contributed by atoms with Gasteiger partial charge in [0, 0.05) is 34.8 Å². The Balaban J connectivity index is 2.12. The minimum absolute atomic E-state index is 0.0576. The summed E-state index contributed by atoms with van der Waals surface area (Å²) in [4.78, 5) is 25.4. The Bertz CT molecular complexity index is 984. The van der Waals surface area contributed by atoms with Gasteiger partial charge in [0.15, 0.2) is 5.78 Å². The highest BCUT2D eigenvalue weighted by Gasteiger charge is 2.27. The van der Waals surface area contributed by atoms with Gasteiger partial charge in [-0.15, -0.1) is 0 Å². The summed E-state index contributed by atoms with van der Waals surface area (Å²) in [7, 11) is 0. The summed E-state index contributed by atoms with van der Waals surface area (Å²) in [5.74, 6) is -0.615. The highest BCUT2D eigenvalue weighted by atomic mass is 35.5. The molecule has 0 aliphatic rings. The van der Waals surface area contributed by atoms with Gasteiger partial charge in [0.1, 0.15) is 17.4 Å². The number of aromatic hydroxyl groups is 1. The number of ketones is 1. The molecule has 0 heterocycles. The van der Waals surface area contributed by atoms with Gasteiger partial charge in [0.05, 0.1) is 6.04 Å². The Morgan fingerprint density at radius 1 is 1.19 bits per heavy atom. The maximum absolute atomic E-state index is 12.8. The Labute approximate surface area is 193 Å². The van der Waals surface area contributed by atoms with E-state index >= 15 is 0 Å². The molecule has 0 bridgehead atoms. The van der Waals surface area contributed by atoms with Crippen molar-refractivity contribution in [3.63, 3.8) is 0 Å². The zero-order valence-electron chi connectivity index (χ0n) is 18.5. The van der Waals surface area contributed by atoms with E-state index in [0.717, 1.165) is 5.56 Å². The summed E-state index contributed by atoms with van der Waals surface area (Å²) in [6.45, 7) is 9.25.